The number of ether oxygens (including phenoxy) is 8. The number of aliphatic hydroxyl groups is 14. The average Bonchev–Trinajstić information content (AvgIpc) is 3.09. The van der Waals surface area contributed by atoms with Gasteiger partial charge in [0.25, 0.3) is 0 Å². The zero-order chi connectivity index (χ0) is 37.2. The van der Waals surface area contributed by atoms with Crippen molar-refractivity contribution in [3.8, 4) is 0 Å². The predicted octanol–water partition coefficient (Wildman–Crippen LogP) is -8.96. The van der Waals surface area contributed by atoms with Gasteiger partial charge in [-0.1, -0.05) is 0 Å². The average molecular weight is 739 g/mol. The largest absolute Gasteiger partial charge is 0.394 e. The Hall–Kier alpha value is -0.880. The van der Waals surface area contributed by atoms with E-state index < -0.39 is 161 Å². The number of hydrogen-bond donors (Lipinski definition) is 14. The summed E-state index contributed by atoms with van der Waals surface area (Å²) in [6, 6.07) is 0. The maximum absolute atomic E-state index is 11.4. The first-order valence-electron chi connectivity index (χ1n) is 16.1. The van der Waals surface area contributed by atoms with Crippen LogP contribution in [0.1, 0.15) is 13.8 Å². The van der Waals surface area contributed by atoms with Crippen molar-refractivity contribution in [3.63, 3.8) is 0 Å². The molecule has 294 valence electrons. The maximum atomic E-state index is 11.4. The summed E-state index contributed by atoms with van der Waals surface area (Å²) >= 11 is 0. The van der Waals surface area contributed by atoms with Gasteiger partial charge in [0.2, 0.25) is 0 Å². The Labute approximate surface area is 285 Å². The first-order chi connectivity index (χ1) is 23.6. The van der Waals surface area contributed by atoms with Crippen LogP contribution in [0.3, 0.4) is 0 Å². The van der Waals surface area contributed by atoms with Crippen molar-refractivity contribution in [2.24, 2.45) is 0 Å². The van der Waals surface area contributed by atoms with E-state index in [1.165, 1.54) is 13.8 Å². The second-order valence-electron chi connectivity index (χ2n) is 12.7. The SMILES string of the molecule is C[C@H](O)[C@H](CO)O[C@@H]1O[C@@H](C)[C@@H](O[C@@H]2O[C@H](CO)[C@@H](O)[C@H](O)[C@H]2O)[C@@H](O[C@H]2O[C@H](CO)[C@H](O[C@H]3O[C@H](CO)[C@@H](O)[C@H](O)[C@@H]3O)[C@H](O)[C@H]2O)[C@@H]1O. The van der Waals surface area contributed by atoms with Crippen LogP contribution in [0.2, 0.25) is 0 Å². The van der Waals surface area contributed by atoms with E-state index in [9.17, 15) is 71.5 Å². The normalized spacial score (nSPS) is 50.2. The Bertz CT molecular complexity index is 1020. The molecule has 4 rings (SSSR count). The summed E-state index contributed by atoms with van der Waals surface area (Å²) in [5, 5.41) is 144. The highest BCUT2D eigenvalue weighted by molar-refractivity contribution is 4.98. The molecule has 0 radical (unpaired) electrons. The van der Waals surface area contributed by atoms with Crippen LogP contribution in [-0.4, -0.2) is 233 Å². The lowest BCUT2D eigenvalue weighted by Gasteiger charge is -2.50. The molecule has 0 unspecified atom stereocenters. The molecule has 0 aromatic rings. The molecule has 0 saturated carbocycles. The van der Waals surface area contributed by atoms with Gasteiger partial charge >= 0.3 is 0 Å². The van der Waals surface area contributed by atoms with Gasteiger partial charge in [0, 0.05) is 0 Å². The molecule has 0 aliphatic carbocycles. The zero-order valence-corrected chi connectivity index (χ0v) is 27.1. The summed E-state index contributed by atoms with van der Waals surface area (Å²) in [5.74, 6) is 0. The molecule has 0 spiro atoms. The number of hydrogen-bond acceptors (Lipinski definition) is 22. The minimum atomic E-state index is -2.06. The Balaban J connectivity index is 1.57. The Morgan fingerprint density at radius 3 is 1.34 bits per heavy atom. The van der Waals surface area contributed by atoms with Gasteiger partial charge in [-0.3, -0.25) is 0 Å². The Morgan fingerprint density at radius 1 is 0.480 bits per heavy atom. The van der Waals surface area contributed by atoms with Gasteiger partial charge in [0.1, 0.15) is 97.7 Å². The summed E-state index contributed by atoms with van der Waals surface area (Å²) in [4.78, 5) is 0. The molecular weight excluding hydrogens is 688 g/mol. The van der Waals surface area contributed by atoms with E-state index in [1.54, 1.807) is 0 Å². The van der Waals surface area contributed by atoms with Crippen molar-refractivity contribution < 1.29 is 109 Å². The first-order valence-corrected chi connectivity index (χ1v) is 16.1. The summed E-state index contributed by atoms with van der Waals surface area (Å²) < 4.78 is 45.0. The second-order valence-corrected chi connectivity index (χ2v) is 12.7. The molecule has 0 amide bonds. The fourth-order valence-corrected chi connectivity index (χ4v) is 6.08. The lowest BCUT2D eigenvalue weighted by atomic mass is 9.95. The quantitative estimate of drug-likeness (QED) is 0.0834. The molecular formula is C28H50O22. The standard InChI is InChI=1S/C28H50O22/c1-7(33)9(3-29)44-28-21(42)24(22(8(2)43-28)48-25-18(39)15(36)13(34)10(4-30)45-25)50-27-20(41)17(38)23(12(6-32)47-27)49-26-19(40)16(37)14(35)11(5-31)46-26/h7-42H,3-6H2,1-2H3/t7-,8-,9-,10+,11+,12+,13+,14+,15-,16-,17+,18+,19-,20+,21-,22+,23-,24-,25-,26+,27+,28-/m0/s1. The maximum Gasteiger partial charge on any atom is 0.187 e. The van der Waals surface area contributed by atoms with Gasteiger partial charge in [0.05, 0.1) is 38.6 Å². The molecule has 50 heavy (non-hydrogen) atoms. The van der Waals surface area contributed by atoms with Crippen LogP contribution in [-0.2, 0) is 37.9 Å². The van der Waals surface area contributed by atoms with Crippen LogP contribution < -0.4 is 0 Å². The summed E-state index contributed by atoms with van der Waals surface area (Å²) in [5.41, 5.74) is 0. The summed E-state index contributed by atoms with van der Waals surface area (Å²) in [6.45, 7) is -0.533. The van der Waals surface area contributed by atoms with Gasteiger partial charge in [-0.25, -0.2) is 0 Å². The Kier molecular flexibility index (Phi) is 15.0. The van der Waals surface area contributed by atoms with Crippen LogP contribution in [0, 0.1) is 0 Å². The van der Waals surface area contributed by atoms with Crippen LogP contribution in [0.25, 0.3) is 0 Å². The van der Waals surface area contributed by atoms with E-state index in [0.717, 1.165) is 0 Å². The van der Waals surface area contributed by atoms with E-state index in [0.29, 0.717) is 0 Å². The van der Waals surface area contributed by atoms with Crippen molar-refractivity contribution in [2.75, 3.05) is 26.4 Å². The van der Waals surface area contributed by atoms with Gasteiger partial charge in [-0.05, 0) is 13.8 Å². The fraction of sp³-hybridized carbons (Fsp3) is 1.00. The van der Waals surface area contributed by atoms with Crippen molar-refractivity contribution in [1.82, 2.24) is 0 Å². The highest BCUT2D eigenvalue weighted by Crippen LogP contribution is 2.35. The highest BCUT2D eigenvalue weighted by atomic mass is 16.8. The molecule has 0 aromatic heterocycles. The molecule has 4 heterocycles. The lowest BCUT2D eigenvalue weighted by molar-refractivity contribution is -0.395. The third-order valence-electron chi connectivity index (χ3n) is 9.17. The van der Waals surface area contributed by atoms with Gasteiger partial charge in [-0.2, -0.15) is 0 Å². The van der Waals surface area contributed by atoms with E-state index in [-0.39, 0.29) is 0 Å². The van der Waals surface area contributed by atoms with Crippen LogP contribution in [0.5, 0.6) is 0 Å². The van der Waals surface area contributed by atoms with Gasteiger partial charge < -0.3 is 109 Å². The molecule has 4 aliphatic rings. The van der Waals surface area contributed by atoms with E-state index >= 15 is 0 Å². The molecule has 4 saturated heterocycles. The number of aliphatic hydroxyl groups excluding tert-OH is 14. The predicted molar refractivity (Wildman–Crippen MR) is 154 cm³/mol. The minimum Gasteiger partial charge on any atom is -0.394 e. The molecule has 22 atom stereocenters. The molecule has 4 fully saturated rings. The van der Waals surface area contributed by atoms with E-state index in [2.05, 4.69) is 0 Å². The van der Waals surface area contributed by atoms with Gasteiger partial charge in [-0.15, -0.1) is 0 Å². The van der Waals surface area contributed by atoms with Crippen molar-refractivity contribution >= 4 is 0 Å². The molecule has 4 aliphatic heterocycles. The third-order valence-corrected chi connectivity index (χ3v) is 9.17. The monoisotopic (exact) mass is 738 g/mol. The van der Waals surface area contributed by atoms with E-state index in [1.807, 2.05) is 0 Å². The lowest BCUT2D eigenvalue weighted by Crippen LogP contribution is -2.67. The van der Waals surface area contributed by atoms with E-state index in [4.69, 9.17) is 37.9 Å². The second kappa shape index (κ2) is 18.0. The molecule has 22 heteroatoms. The van der Waals surface area contributed by atoms with Gasteiger partial charge in [0.15, 0.2) is 25.2 Å². The first kappa shape index (κ1) is 41.9. The fourth-order valence-electron chi connectivity index (χ4n) is 6.08. The van der Waals surface area contributed by atoms with Crippen LogP contribution >= 0.6 is 0 Å². The van der Waals surface area contributed by atoms with Crippen molar-refractivity contribution in [2.45, 2.75) is 149 Å². The third kappa shape index (κ3) is 8.73. The topological polar surface area (TPSA) is 357 Å². The molecule has 22 nitrogen and oxygen atoms in total. The number of rotatable bonds is 13. The smallest absolute Gasteiger partial charge is 0.187 e. The summed E-state index contributed by atoms with van der Waals surface area (Å²) in [6.07, 6.45) is -37.1. The van der Waals surface area contributed by atoms with Crippen molar-refractivity contribution in [1.29, 1.82) is 0 Å². The zero-order valence-electron chi connectivity index (χ0n) is 27.1. The minimum absolute atomic E-state index is 0.709. The van der Waals surface area contributed by atoms with Crippen molar-refractivity contribution in [3.05, 3.63) is 0 Å². The van der Waals surface area contributed by atoms with Crippen LogP contribution in [0.4, 0.5) is 0 Å². The van der Waals surface area contributed by atoms with Crippen LogP contribution in [0.15, 0.2) is 0 Å². The highest BCUT2D eigenvalue weighted by Gasteiger charge is 2.55. The molecule has 14 N–H and O–H groups in total. The Morgan fingerprint density at radius 2 is 0.900 bits per heavy atom. The molecule has 0 aromatic carbocycles. The summed E-state index contributed by atoms with van der Waals surface area (Å²) in [7, 11) is 0. The molecule has 0 bridgehead atoms.